The van der Waals surface area contributed by atoms with E-state index in [1.165, 1.54) is 0 Å². The van der Waals surface area contributed by atoms with Gasteiger partial charge in [-0.2, -0.15) is 0 Å². The lowest BCUT2D eigenvalue weighted by Crippen LogP contribution is -2.44. The summed E-state index contributed by atoms with van der Waals surface area (Å²) >= 11 is 0. The molecule has 0 fully saturated rings. The van der Waals surface area contributed by atoms with E-state index in [-0.39, 0.29) is 12.0 Å². The number of carbonyl (C=O) groups is 2. The first-order chi connectivity index (χ1) is 8.42. The van der Waals surface area contributed by atoms with Gasteiger partial charge >= 0.3 is 0 Å². The number of primary amides is 1. The molecule has 0 radical (unpaired) electrons. The van der Waals surface area contributed by atoms with Crippen LogP contribution in [0.15, 0.2) is 18.2 Å². The molecular weight excluding hydrogens is 242 g/mol. The highest BCUT2D eigenvalue weighted by atomic mass is 19.1. The second-order valence-corrected chi connectivity index (χ2v) is 3.89. The molecule has 0 spiro atoms. The molecule has 0 saturated carbocycles. The first kappa shape index (κ1) is 14.1. The van der Waals surface area contributed by atoms with E-state index in [0.717, 1.165) is 18.2 Å². The second kappa shape index (κ2) is 6.09. The van der Waals surface area contributed by atoms with E-state index >= 15 is 0 Å². The van der Waals surface area contributed by atoms with Crippen molar-refractivity contribution in [3.8, 4) is 0 Å². The molecule has 0 aliphatic heterocycles. The molecule has 3 N–H and O–H groups in total. The number of benzene rings is 1. The molecule has 1 aromatic carbocycles. The van der Waals surface area contributed by atoms with E-state index in [4.69, 9.17) is 5.73 Å². The summed E-state index contributed by atoms with van der Waals surface area (Å²) in [6.07, 6.45) is 0.150. The third kappa shape index (κ3) is 4.12. The number of amides is 2. The molecule has 0 heterocycles. The third-order valence-corrected chi connectivity index (χ3v) is 2.37. The largest absolute Gasteiger partial charge is 0.368 e. The Labute approximate surface area is 103 Å². The molecule has 2 amide bonds. The van der Waals surface area contributed by atoms with Crippen molar-refractivity contribution < 1.29 is 18.4 Å². The summed E-state index contributed by atoms with van der Waals surface area (Å²) in [6, 6.07) is 2.08. The van der Waals surface area contributed by atoms with Gasteiger partial charge in [0.1, 0.15) is 17.7 Å². The fourth-order valence-electron chi connectivity index (χ4n) is 1.52. The smallest absolute Gasteiger partial charge is 0.239 e. The molecule has 0 aromatic heterocycles. The number of hydrogen-bond donors (Lipinski definition) is 2. The predicted octanol–water partition coefficient (Wildman–Crippen LogP) is 0.887. The molecule has 1 rings (SSSR count). The summed E-state index contributed by atoms with van der Waals surface area (Å²) in [5.41, 5.74) is 5.26. The van der Waals surface area contributed by atoms with Crippen molar-refractivity contribution in [3.05, 3.63) is 35.4 Å². The molecule has 98 valence electrons. The van der Waals surface area contributed by atoms with Crippen LogP contribution in [0.3, 0.4) is 0 Å². The van der Waals surface area contributed by atoms with Crippen LogP contribution in [0, 0.1) is 11.6 Å². The third-order valence-electron chi connectivity index (χ3n) is 2.37. The van der Waals surface area contributed by atoms with Gasteiger partial charge in [-0.3, -0.25) is 9.59 Å². The van der Waals surface area contributed by atoms with Crippen LogP contribution in [0.2, 0.25) is 0 Å². The van der Waals surface area contributed by atoms with Crippen LogP contribution in [0.25, 0.3) is 0 Å². The summed E-state index contributed by atoms with van der Waals surface area (Å²) < 4.78 is 25.8. The maximum Gasteiger partial charge on any atom is 0.239 e. The average molecular weight is 256 g/mol. The normalized spacial score (nSPS) is 11.9. The summed E-state index contributed by atoms with van der Waals surface area (Å²) in [7, 11) is 0. The van der Waals surface area contributed by atoms with E-state index < -0.39 is 29.5 Å². The van der Waals surface area contributed by atoms with Crippen molar-refractivity contribution in [2.24, 2.45) is 5.73 Å². The Hall–Kier alpha value is -1.98. The first-order valence-electron chi connectivity index (χ1n) is 5.46. The summed E-state index contributed by atoms with van der Waals surface area (Å²) in [6.45, 7) is 1.69. The Morgan fingerprint density at radius 1 is 1.28 bits per heavy atom. The van der Waals surface area contributed by atoms with Gasteiger partial charge in [0.15, 0.2) is 0 Å². The molecule has 4 nitrogen and oxygen atoms in total. The van der Waals surface area contributed by atoms with E-state index in [9.17, 15) is 18.4 Å². The van der Waals surface area contributed by atoms with Crippen LogP contribution >= 0.6 is 0 Å². The van der Waals surface area contributed by atoms with Gasteiger partial charge in [0.05, 0.1) is 6.42 Å². The van der Waals surface area contributed by atoms with Crippen LogP contribution in [-0.2, 0) is 16.0 Å². The van der Waals surface area contributed by atoms with Crippen molar-refractivity contribution in [1.82, 2.24) is 5.32 Å². The number of halogens is 2. The number of rotatable bonds is 5. The summed E-state index contributed by atoms with van der Waals surface area (Å²) in [5, 5.41) is 2.40. The van der Waals surface area contributed by atoms with Gasteiger partial charge in [-0.05, 0) is 24.1 Å². The van der Waals surface area contributed by atoms with Crippen molar-refractivity contribution >= 4 is 11.8 Å². The van der Waals surface area contributed by atoms with Crippen molar-refractivity contribution in [2.45, 2.75) is 25.8 Å². The molecule has 6 heteroatoms. The SMILES string of the molecule is CC[C@@H](NC(=O)Cc1cc(F)cc(F)c1)C(N)=O. The molecule has 0 saturated heterocycles. The standard InChI is InChI=1S/C12H14F2N2O2/c1-2-10(12(15)18)16-11(17)5-7-3-8(13)6-9(14)4-7/h3-4,6,10H,2,5H2,1H3,(H2,15,18)(H,16,17)/t10-/m1/s1. The lowest BCUT2D eigenvalue weighted by atomic mass is 10.1. The van der Waals surface area contributed by atoms with Crippen LogP contribution in [0.4, 0.5) is 8.78 Å². The van der Waals surface area contributed by atoms with E-state index in [0.29, 0.717) is 6.42 Å². The lowest BCUT2D eigenvalue weighted by molar-refractivity contribution is -0.127. The Balaban J connectivity index is 2.67. The van der Waals surface area contributed by atoms with Gasteiger partial charge in [-0.15, -0.1) is 0 Å². The minimum absolute atomic E-state index is 0.198. The van der Waals surface area contributed by atoms with Gasteiger partial charge in [0.25, 0.3) is 0 Å². The lowest BCUT2D eigenvalue weighted by Gasteiger charge is -2.13. The monoisotopic (exact) mass is 256 g/mol. The van der Waals surface area contributed by atoms with Gasteiger partial charge in [-0.1, -0.05) is 6.92 Å². The molecule has 0 aliphatic carbocycles. The molecule has 18 heavy (non-hydrogen) atoms. The molecule has 1 aromatic rings. The Morgan fingerprint density at radius 2 is 1.83 bits per heavy atom. The summed E-state index contributed by atoms with van der Waals surface area (Å²) in [5.74, 6) is -2.65. The van der Waals surface area contributed by atoms with Crippen molar-refractivity contribution in [1.29, 1.82) is 0 Å². The number of nitrogens with one attached hydrogen (secondary N) is 1. The Bertz CT molecular complexity index is 443. The maximum atomic E-state index is 12.9. The fraction of sp³-hybridized carbons (Fsp3) is 0.333. The molecular formula is C12H14F2N2O2. The number of nitrogens with two attached hydrogens (primary N) is 1. The molecule has 1 atom stereocenters. The van der Waals surface area contributed by atoms with Crippen LogP contribution in [0.5, 0.6) is 0 Å². The quantitative estimate of drug-likeness (QED) is 0.821. The maximum absolute atomic E-state index is 12.9. The van der Waals surface area contributed by atoms with Crippen LogP contribution < -0.4 is 11.1 Å². The molecule has 0 bridgehead atoms. The molecule has 0 aliphatic rings. The molecule has 0 unspecified atom stereocenters. The minimum Gasteiger partial charge on any atom is -0.368 e. The fourth-order valence-corrected chi connectivity index (χ4v) is 1.52. The van der Waals surface area contributed by atoms with E-state index in [2.05, 4.69) is 5.32 Å². The highest BCUT2D eigenvalue weighted by Gasteiger charge is 2.16. The van der Waals surface area contributed by atoms with Crippen LogP contribution in [0.1, 0.15) is 18.9 Å². The Kier molecular flexibility index (Phi) is 4.76. The van der Waals surface area contributed by atoms with Gasteiger partial charge < -0.3 is 11.1 Å². The minimum atomic E-state index is -0.768. The zero-order valence-electron chi connectivity index (χ0n) is 9.87. The van der Waals surface area contributed by atoms with E-state index in [1.807, 2.05) is 0 Å². The van der Waals surface area contributed by atoms with Gasteiger partial charge in [-0.25, -0.2) is 8.78 Å². The number of carbonyl (C=O) groups excluding carboxylic acids is 2. The first-order valence-corrected chi connectivity index (χ1v) is 5.46. The van der Waals surface area contributed by atoms with Gasteiger partial charge in [0.2, 0.25) is 11.8 Å². The highest BCUT2D eigenvalue weighted by molar-refractivity contribution is 5.87. The highest BCUT2D eigenvalue weighted by Crippen LogP contribution is 2.08. The predicted molar refractivity (Wildman–Crippen MR) is 61.5 cm³/mol. The second-order valence-electron chi connectivity index (χ2n) is 3.89. The summed E-state index contributed by atoms with van der Waals surface area (Å²) in [4.78, 5) is 22.5. The zero-order chi connectivity index (χ0) is 13.7. The Morgan fingerprint density at radius 3 is 2.28 bits per heavy atom. The van der Waals surface area contributed by atoms with Crippen molar-refractivity contribution in [3.63, 3.8) is 0 Å². The van der Waals surface area contributed by atoms with Crippen LogP contribution in [-0.4, -0.2) is 17.9 Å². The zero-order valence-corrected chi connectivity index (χ0v) is 9.87. The van der Waals surface area contributed by atoms with Gasteiger partial charge in [0, 0.05) is 6.07 Å². The van der Waals surface area contributed by atoms with Crippen molar-refractivity contribution in [2.75, 3.05) is 0 Å². The van der Waals surface area contributed by atoms with E-state index in [1.54, 1.807) is 6.92 Å². The average Bonchev–Trinajstić information content (AvgIpc) is 2.23. The number of hydrogen-bond acceptors (Lipinski definition) is 2. The topological polar surface area (TPSA) is 72.2 Å².